The molecule has 0 aromatic heterocycles. The zero-order chi connectivity index (χ0) is 16.5. The van der Waals surface area contributed by atoms with Crippen LogP contribution in [0.2, 0.25) is 0 Å². The lowest BCUT2D eigenvalue weighted by molar-refractivity contribution is 0.340. The van der Waals surface area contributed by atoms with Gasteiger partial charge in [-0.25, -0.2) is 17.5 Å². The van der Waals surface area contributed by atoms with Crippen LogP contribution in [0.15, 0.2) is 53.4 Å². The first-order chi connectivity index (χ1) is 11.0. The summed E-state index contributed by atoms with van der Waals surface area (Å²) < 4.78 is 46.3. The topological polar surface area (TPSA) is 55.4 Å². The number of nitrogens with one attached hydrogen (secondary N) is 1. The Morgan fingerprint density at radius 2 is 1.70 bits per heavy atom. The maximum absolute atomic E-state index is 13.0. The zero-order valence-electron chi connectivity index (χ0n) is 12.8. The van der Waals surface area contributed by atoms with E-state index in [1.165, 1.54) is 24.3 Å². The summed E-state index contributed by atoms with van der Waals surface area (Å²) in [5.41, 5.74) is 0.166. The first kappa shape index (κ1) is 16.0. The molecule has 0 atom stereocenters. The average molecular weight is 335 g/mol. The maximum Gasteiger partial charge on any atom is 0.241 e. The van der Waals surface area contributed by atoms with Gasteiger partial charge in [-0.05, 0) is 61.7 Å². The Balaban J connectivity index is 1.82. The number of benzene rings is 2. The molecule has 0 aliphatic heterocycles. The van der Waals surface area contributed by atoms with Gasteiger partial charge >= 0.3 is 0 Å². The lowest BCUT2D eigenvalue weighted by atomic mass is 10.1. The maximum atomic E-state index is 13.0. The first-order valence-corrected chi connectivity index (χ1v) is 8.96. The number of sulfonamides is 1. The molecular formula is C17H18FNO3S. The van der Waals surface area contributed by atoms with Crippen LogP contribution in [-0.2, 0) is 15.6 Å². The summed E-state index contributed by atoms with van der Waals surface area (Å²) in [5, 5.41) is 0. The number of hydrogen-bond acceptors (Lipinski definition) is 3. The van der Waals surface area contributed by atoms with Crippen molar-refractivity contribution in [2.24, 2.45) is 0 Å². The molecule has 3 rings (SSSR count). The normalized spacial score (nSPS) is 16.1. The van der Waals surface area contributed by atoms with Crippen molar-refractivity contribution in [1.82, 2.24) is 4.72 Å². The fourth-order valence-electron chi connectivity index (χ4n) is 2.54. The van der Waals surface area contributed by atoms with E-state index in [4.69, 9.17) is 4.74 Å². The SMILES string of the molecule is CCOc1ccc(S(=O)(=O)NC2(c3ccc(F)cc3)CC2)cc1. The Kier molecular flexibility index (Phi) is 4.12. The third-order valence-electron chi connectivity index (χ3n) is 3.92. The largest absolute Gasteiger partial charge is 0.494 e. The van der Waals surface area contributed by atoms with Gasteiger partial charge in [0.1, 0.15) is 11.6 Å². The summed E-state index contributed by atoms with van der Waals surface area (Å²) in [4.78, 5) is 0.189. The smallest absolute Gasteiger partial charge is 0.241 e. The number of hydrogen-bond donors (Lipinski definition) is 1. The quantitative estimate of drug-likeness (QED) is 0.882. The predicted octanol–water partition coefficient (Wildman–Crippen LogP) is 3.19. The molecule has 0 heterocycles. The van der Waals surface area contributed by atoms with Gasteiger partial charge in [0.25, 0.3) is 0 Å². The van der Waals surface area contributed by atoms with Crippen molar-refractivity contribution in [2.45, 2.75) is 30.2 Å². The van der Waals surface area contributed by atoms with Crippen LogP contribution in [0, 0.1) is 5.82 Å². The minimum Gasteiger partial charge on any atom is -0.494 e. The lowest BCUT2D eigenvalue weighted by Gasteiger charge is -2.18. The van der Waals surface area contributed by atoms with E-state index in [9.17, 15) is 12.8 Å². The summed E-state index contributed by atoms with van der Waals surface area (Å²) in [5.74, 6) is 0.296. The van der Waals surface area contributed by atoms with E-state index in [0.29, 0.717) is 25.2 Å². The van der Waals surface area contributed by atoms with Gasteiger partial charge in [-0.3, -0.25) is 0 Å². The van der Waals surface area contributed by atoms with Crippen LogP contribution in [0.3, 0.4) is 0 Å². The highest BCUT2D eigenvalue weighted by atomic mass is 32.2. The summed E-state index contributed by atoms with van der Waals surface area (Å²) in [6.07, 6.45) is 1.41. The van der Waals surface area contributed by atoms with Gasteiger partial charge in [0.05, 0.1) is 17.0 Å². The second-order valence-electron chi connectivity index (χ2n) is 5.60. The van der Waals surface area contributed by atoms with Crippen molar-refractivity contribution in [3.05, 3.63) is 59.9 Å². The van der Waals surface area contributed by atoms with E-state index in [1.54, 1.807) is 24.3 Å². The van der Waals surface area contributed by atoms with Gasteiger partial charge in [-0.2, -0.15) is 0 Å². The average Bonchev–Trinajstić information content (AvgIpc) is 3.29. The third-order valence-corrected chi connectivity index (χ3v) is 5.47. The molecule has 1 fully saturated rings. The Morgan fingerprint density at radius 1 is 1.09 bits per heavy atom. The van der Waals surface area contributed by atoms with E-state index in [0.717, 1.165) is 5.56 Å². The molecule has 0 radical (unpaired) electrons. The van der Waals surface area contributed by atoms with E-state index in [1.807, 2.05) is 6.92 Å². The Labute approximate surface area is 135 Å². The van der Waals surface area contributed by atoms with Gasteiger partial charge in [-0.1, -0.05) is 12.1 Å². The van der Waals surface area contributed by atoms with Gasteiger partial charge in [0.2, 0.25) is 10.0 Å². The third kappa shape index (κ3) is 3.38. The lowest BCUT2D eigenvalue weighted by Crippen LogP contribution is -2.34. The van der Waals surface area contributed by atoms with Gasteiger partial charge in [-0.15, -0.1) is 0 Å². The Morgan fingerprint density at radius 3 is 2.22 bits per heavy atom. The molecule has 1 N–H and O–H groups in total. The Bertz CT molecular complexity index is 782. The highest BCUT2D eigenvalue weighted by molar-refractivity contribution is 7.89. The van der Waals surface area contributed by atoms with Gasteiger partial charge in [0.15, 0.2) is 0 Å². The predicted molar refractivity (Wildman–Crippen MR) is 85.2 cm³/mol. The number of rotatable bonds is 6. The fraction of sp³-hybridized carbons (Fsp3) is 0.294. The molecule has 4 nitrogen and oxygen atoms in total. The van der Waals surface area contributed by atoms with Crippen LogP contribution < -0.4 is 9.46 Å². The van der Waals surface area contributed by atoms with Gasteiger partial charge < -0.3 is 4.74 Å². The van der Waals surface area contributed by atoms with E-state index in [-0.39, 0.29) is 10.7 Å². The second kappa shape index (κ2) is 5.94. The van der Waals surface area contributed by atoms with Crippen LogP contribution in [0.1, 0.15) is 25.3 Å². The molecule has 0 unspecified atom stereocenters. The zero-order valence-corrected chi connectivity index (χ0v) is 13.6. The van der Waals surface area contributed by atoms with Crippen molar-refractivity contribution in [3.63, 3.8) is 0 Å². The molecule has 0 amide bonds. The summed E-state index contributed by atoms with van der Waals surface area (Å²) in [7, 11) is -3.64. The number of ether oxygens (including phenoxy) is 1. The molecule has 1 saturated carbocycles. The minimum absolute atomic E-state index is 0.189. The highest BCUT2D eigenvalue weighted by Gasteiger charge is 2.47. The molecule has 0 bridgehead atoms. The number of halogens is 1. The van der Waals surface area contributed by atoms with Crippen molar-refractivity contribution in [3.8, 4) is 5.75 Å². The minimum atomic E-state index is -3.64. The molecular weight excluding hydrogens is 317 g/mol. The molecule has 0 spiro atoms. The first-order valence-electron chi connectivity index (χ1n) is 7.48. The van der Waals surface area contributed by atoms with Crippen LogP contribution in [0.5, 0.6) is 5.75 Å². The van der Waals surface area contributed by atoms with Crippen LogP contribution in [0.25, 0.3) is 0 Å². The fourth-order valence-corrected chi connectivity index (χ4v) is 3.99. The molecule has 23 heavy (non-hydrogen) atoms. The molecule has 0 saturated heterocycles. The molecule has 1 aliphatic carbocycles. The molecule has 2 aromatic carbocycles. The summed E-state index contributed by atoms with van der Waals surface area (Å²) in [6.45, 7) is 2.39. The van der Waals surface area contributed by atoms with Gasteiger partial charge in [0, 0.05) is 0 Å². The second-order valence-corrected chi connectivity index (χ2v) is 7.28. The van der Waals surface area contributed by atoms with Crippen molar-refractivity contribution >= 4 is 10.0 Å². The molecule has 2 aromatic rings. The standard InChI is InChI=1S/C17H18FNO3S/c1-2-22-15-7-9-16(10-8-15)23(20,21)19-17(11-12-17)13-3-5-14(18)6-4-13/h3-10,19H,2,11-12H2,1H3. The van der Waals surface area contributed by atoms with E-state index in [2.05, 4.69) is 4.72 Å². The molecule has 6 heteroatoms. The van der Waals surface area contributed by atoms with E-state index >= 15 is 0 Å². The van der Waals surface area contributed by atoms with Crippen LogP contribution >= 0.6 is 0 Å². The molecule has 122 valence electrons. The van der Waals surface area contributed by atoms with E-state index < -0.39 is 15.6 Å². The monoisotopic (exact) mass is 335 g/mol. The van der Waals surface area contributed by atoms with Crippen molar-refractivity contribution in [2.75, 3.05) is 6.61 Å². The Hall–Kier alpha value is -1.92. The highest BCUT2D eigenvalue weighted by Crippen LogP contribution is 2.46. The van der Waals surface area contributed by atoms with Crippen molar-refractivity contribution < 1.29 is 17.5 Å². The van der Waals surface area contributed by atoms with Crippen LogP contribution in [0.4, 0.5) is 4.39 Å². The summed E-state index contributed by atoms with van der Waals surface area (Å²) in [6, 6.07) is 12.3. The summed E-state index contributed by atoms with van der Waals surface area (Å²) >= 11 is 0. The van der Waals surface area contributed by atoms with Crippen LogP contribution in [-0.4, -0.2) is 15.0 Å². The van der Waals surface area contributed by atoms with Crippen molar-refractivity contribution in [1.29, 1.82) is 0 Å². The molecule has 1 aliphatic rings.